The van der Waals surface area contributed by atoms with Crippen molar-refractivity contribution >= 4 is 17.3 Å². The lowest BCUT2D eigenvalue weighted by Gasteiger charge is -2.05. The molecule has 0 aliphatic heterocycles. The standard InChI is InChI=1S/C13H10ClNO2/c1-9-2-7-12(15(16)17)8-13(9)10-3-5-11(14)6-4-10/h2-8H,1H3. The van der Waals surface area contributed by atoms with E-state index in [9.17, 15) is 10.1 Å². The number of rotatable bonds is 2. The summed E-state index contributed by atoms with van der Waals surface area (Å²) < 4.78 is 0. The second kappa shape index (κ2) is 4.55. The molecule has 3 nitrogen and oxygen atoms in total. The van der Waals surface area contributed by atoms with Crippen molar-refractivity contribution in [3.8, 4) is 11.1 Å². The summed E-state index contributed by atoms with van der Waals surface area (Å²) in [6.45, 7) is 1.92. The van der Waals surface area contributed by atoms with Gasteiger partial charge in [-0.05, 0) is 35.7 Å². The first-order chi connectivity index (χ1) is 8.08. The third-order valence-corrected chi connectivity index (χ3v) is 2.84. The lowest BCUT2D eigenvalue weighted by molar-refractivity contribution is -0.384. The molecule has 0 fully saturated rings. The molecule has 0 bridgehead atoms. The van der Waals surface area contributed by atoms with Crippen LogP contribution in [0, 0.1) is 17.0 Å². The SMILES string of the molecule is Cc1ccc([N+](=O)[O-])cc1-c1ccc(Cl)cc1. The number of benzene rings is 2. The minimum atomic E-state index is -0.390. The predicted octanol–water partition coefficient (Wildman–Crippen LogP) is 4.22. The van der Waals surface area contributed by atoms with Crippen molar-refractivity contribution in [1.29, 1.82) is 0 Å². The van der Waals surface area contributed by atoms with E-state index in [2.05, 4.69) is 0 Å². The molecule has 0 heterocycles. The number of non-ortho nitro benzene ring substituents is 1. The van der Waals surface area contributed by atoms with Gasteiger partial charge in [0.25, 0.3) is 5.69 Å². The molecule has 0 spiro atoms. The van der Waals surface area contributed by atoms with Crippen LogP contribution in [0.25, 0.3) is 11.1 Å². The van der Waals surface area contributed by atoms with Crippen LogP contribution >= 0.6 is 11.6 Å². The van der Waals surface area contributed by atoms with Gasteiger partial charge in [0, 0.05) is 17.2 Å². The van der Waals surface area contributed by atoms with Crippen molar-refractivity contribution in [2.24, 2.45) is 0 Å². The Kier molecular flexibility index (Phi) is 3.11. The number of nitro groups is 1. The zero-order chi connectivity index (χ0) is 12.4. The first kappa shape index (κ1) is 11.6. The van der Waals surface area contributed by atoms with Crippen molar-refractivity contribution in [3.63, 3.8) is 0 Å². The summed E-state index contributed by atoms with van der Waals surface area (Å²) in [4.78, 5) is 10.3. The van der Waals surface area contributed by atoms with Crippen LogP contribution < -0.4 is 0 Å². The summed E-state index contributed by atoms with van der Waals surface area (Å²) in [5, 5.41) is 11.4. The Labute approximate surface area is 104 Å². The van der Waals surface area contributed by atoms with E-state index in [1.54, 1.807) is 24.3 Å². The Morgan fingerprint density at radius 3 is 2.35 bits per heavy atom. The molecule has 17 heavy (non-hydrogen) atoms. The molecule has 2 aromatic carbocycles. The van der Waals surface area contributed by atoms with Crippen LogP contribution in [-0.2, 0) is 0 Å². The van der Waals surface area contributed by atoms with Crippen LogP contribution in [0.15, 0.2) is 42.5 Å². The van der Waals surface area contributed by atoms with Crippen molar-refractivity contribution in [2.45, 2.75) is 6.92 Å². The lowest BCUT2D eigenvalue weighted by Crippen LogP contribution is -1.90. The van der Waals surface area contributed by atoms with Crippen LogP contribution in [0.2, 0.25) is 5.02 Å². The van der Waals surface area contributed by atoms with Crippen LogP contribution in [0.4, 0.5) is 5.69 Å². The maximum Gasteiger partial charge on any atom is 0.270 e. The molecule has 0 amide bonds. The summed E-state index contributed by atoms with van der Waals surface area (Å²) in [6.07, 6.45) is 0. The summed E-state index contributed by atoms with van der Waals surface area (Å²) in [5.74, 6) is 0. The molecule has 4 heteroatoms. The fourth-order valence-corrected chi connectivity index (χ4v) is 1.79. The summed E-state index contributed by atoms with van der Waals surface area (Å²) in [6, 6.07) is 12.1. The molecule has 2 rings (SSSR count). The van der Waals surface area contributed by atoms with E-state index in [0.29, 0.717) is 5.02 Å². The lowest BCUT2D eigenvalue weighted by atomic mass is 10.00. The quantitative estimate of drug-likeness (QED) is 0.589. The zero-order valence-corrected chi connectivity index (χ0v) is 9.94. The molecule has 0 saturated heterocycles. The van der Waals surface area contributed by atoms with Crippen LogP contribution in [-0.4, -0.2) is 4.92 Å². The number of hydrogen-bond donors (Lipinski definition) is 0. The topological polar surface area (TPSA) is 43.1 Å². The fraction of sp³-hybridized carbons (Fsp3) is 0.0769. The molecule has 0 N–H and O–H groups in total. The normalized spacial score (nSPS) is 10.2. The van der Waals surface area contributed by atoms with Crippen molar-refractivity contribution in [3.05, 3.63) is 63.2 Å². The largest absolute Gasteiger partial charge is 0.270 e. The number of nitro benzene ring substituents is 1. The number of nitrogens with zero attached hydrogens (tertiary/aromatic N) is 1. The average molecular weight is 248 g/mol. The Morgan fingerprint density at radius 1 is 1.12 bits per heavy atom. The maximum atomic E-state index is 10.7. The Morgan fingerprint density at radius 2 is 1.76 bits per heavy atom. The highest BCUT2D eigenvalue weighted by Gasteiger charge is 2.09. The van der Waals surface area contributed by atoms with E-state index in [0.717, 1.165) is 16.7 Å². The molecule has 0 unspecified atom stereocenters. The highest BCUT2D eigenvalue weighted by molar-refractivity contribution is 6.30. The molecule has 0 aliphatic rings. The Bertz CT molecular complexity index is 564. The van der Waals surface area contributed by atoms with Crippen LogP contribution in [0.5, 0.6) is 0 Å². The second-order valence-corrected chi connectivity index (χ2v) is 4.20. The second-order valence-electron chi connectivity index (χ2n) is 3.76. The Balaban J connectivity index is 2.54. The maximum absolute atomic E-state index is 10.7. The van der Waals surface area contributed by atoms with Crippen molar-refractivity contribution in [2.75, 3.05) is 0 Å². The third-order valence-electron chi connectivity index (χ3n) is 2.59. The Hall–Kier alpha value is -1.87. The van der Waals surface area contributed by atoms with E-state index in [1.807, 2.05) is 19.1 Å². The minimum absolute atomic E-state index is 0.0977. The molecule has 0 atom stereocenters. The van der Waals surface area contributed by atoms with Gasteiger partial charge in [0.2, 0.25) is 0 Å². The van der Waals surface area contributed by atoms with E-state index < -0.39 is 4.92 Å². The highest BCUT2D eigenvalue weighted by Crippen LogP contribution is 2.28. The summed E-state index contributed by atoms with van der Waals surface area (Å²) >= 11 is 5.81. The van der Waals surface area contributed by atoms with E-state index in [4.69, 9.17) is 11.6 Å². The van der Waals surface area contributed by atoms with Gasteiger partial charge in [-0.25, -0.2) is 0 Å². The number of halogens is 1. The van der Waals surface area contributed by atoms with Crippen molar-refractivity contribution in [1.82, 2.24) is 0 Å². The van der Waals surface area contributed by atoms with Gasteiger partial charge in [-0.1, -0.05) is 29.8 Å². The van der Waals surface area contributed by atoms with Gasteiger partial charge in [0.05, 0.1) is 4.92 Å². The van der Waals surface area contributed by atoms with Gasteiger partial charge in [-0.3, -0.25) is 10.1 Å². The van der Waals surface area contributed by atoms with Gasteiger partial charge in [-0.15, -0.1) is 0 Å². The van der Waals surface area contributed by atoms with Crippen molar-refractivity contribution < 1.29 is 4.92 Å². The molecular weight excluding hydrogens is 238 g/mol. The molecule has 0 aliphatic carbocycles. The molecule has 2 aromatic rings. The van der Waals surface area contributed by atoms with Gasteiger partial charge in [0.15, 0.2) is 0 Å². The van der Waals surface area contributed by atoms with Gasteiger partial charge in [-0.2, -0.15) is 0 Å². The minimum Gasteiger partial charge on any atom is -0.258 e. The highest BCUT2D eigenvalue weighted by atomic mass is 35.5. The molecular formula is C13H10ClNO2. The fourth-order valence-electron chi connectivity index (χ4n) is 1.66. The van der Waals surface area contributed by atoms with E-state index >= 15 is 0 Å². The monoisotopic (exact) mass is 247 g/mol. The molecule has 0 radical (unpaired) electrons. The smallest absolute Gasteiger partial charge is 0.258 e. The molecule has 0 saturated carbocycles. The zero-order valence-electron chi connectivity index (χ0n) is 9.18. The first-order valence-electron chi connectivity index (χ1n) is 5.09. The number of aryl methyl sites for hydroxylation is 1. The average Bonchev–Trinajstić information content (AvgIpc) is 2.31. The van der Waals surface area contributed by atoms with Crippen LogP contribution in [0.3, 0.4) is 0 Å². The van der Waals surface area contributed by atoms with Gasteiger partial charge in [0.1, 0.15) is 0 Å². The molecule has 86 valence electrons. The number of hydrogen-bond acceptors (Lipinski definition) is 2. The summed E-state index contributed by atoms with van der Waals surface area (Å²) in [7, 11) is 0. The van der Waals surface area contributed by atoms with E-state index in [1.165, 1.54) is 6.07 Å². The molecule has 0 aromatic heterocycles. The van der Waals surface area contributed by atoms with E-state index in [-0.39, 0.29) is 5.69 Å². The summed E-state index contributed by atoms with van der Waals surface area (Å²) in [5.41, 5.74) is 2.88. The first-order valence-corrected chi connectivity index (χ1v) is 5.47. The predicted molar refractivity (Wildman–Crippen MR) is 68.3 cm³/mol. The van der Waals surface area contributed by atoms with Gasteiger partial charge < -0.3 is 0 Å². The third kappa shape index (κ3) is 2.45. The van der Waals surface area contributed by atoms with Gasteiger partial charge >= 0.3 is 0 Å². The van der Waals surface area contributed by atoms with Crippen LogP contribution in [0.1, 0.15) is 5.56 Å².